The van der Waals surface area contributed by atoms with Crippen molar-refractivity contribution in [2.45, 2.75) is 52.0 Å². The van der Waals surface area contributed by atoms with Crippen LogP contribution in [0.3, 0.4) is 0 Å². The summed E-state index contributed by atoms with van der Waals surface area (Å²) < 4.78 is 0. The molecule has 2 aliphatic rings. The molecule has 7 heteroatoms. The minimum atomic E-state index is -0.619. The fraction of sp³-hybridized carbons (Fsp3) is 0.762. The van der Waals surface area contributed by atoms with Gasteiger partial charge in [-0.05, 0) is 25.2 Å². The van der Waals surface area contributed by atoms with Crippen LogP contribution in [0.5, 0.6) is 0 Å². The number of hydrogen-bond donors (Lipinski definition) is 3. The van der Waals surface area contributed by atoms with Crippen LogP contribution in [0.2, 0.25) is 0 Å². The smallest absolute Gasteiger partial charge is 0.243 e. The second kappa shape index (κ2) is 10.6. The molecule has 5 atom stereocenters. The van der Waals surface area contributed by atoms with Gasteiger partial charge in [0, 0.05) is 32.7 Å². The topological polar surface area (TPSA) is 98.7 Å². The van der Waals surface area contributed by atoms with Crippen LogP contribution in [0.4, 0.5) is 0 Å². The highest BCUT2D eigenvalue weighted by atomic mass is 16.3. The lowest BCUT2D eigenvalue weighted by Gasteiger charge is -2.34. The van der Waals surface area contributed by atoms with E-state index >= 15 is 0 Å². The predicted octanol–water partition coefficient (Wildman–Crippen LogP) is 1.08. The lowest BCUT2D eigenvalue weighted by Crippen LogP contribution is -2.48. The summed E-state index contributed by atoms with van der Waals surface area (Å²) in [4.78, 5) is 40.5. The first-order chi connectivity index (χ1) is 13.5. The predicted molar refractivity (Wildman–Crippen MR) is 107 cm³/mol. The average Bonchev–Trinajstić information content (AvgIpc) is 2.98. The summed E-state index contributed by atoms with van der Waals surface area (Å²) in [6.07, 6.45) is 8.02. The number of carbonyl (C=O) groups excluding carboxylic acids is 3. The van der Waals surface area contributed by atoms with E-state index in [-0.39, 0.29) is 36.2 Å². The zero-order valence-corrected chi connectivity index (χ0v) is 17.3. The Morgan fingerprint density at radius 1 is 1.14 bits per heavy atom. The van der Waals surface area contributed by atoms with Gasteiger partial charge < -0.3 is 20.6 Å². The molecule has 0 spiro atoms. The molecule has 0 aromatic heterocycles. The van der Waals surface area contributed by atoms with Gasteiger partial charge in [-0.2, -0.15) is 0 Å². The molecule has 0 aromatic rings. The Morgan fingerprint density at radius 3 is 2.50 bits per heavy atom. The number of aliphatic hydroxyl groups excluding tert-OH is 1. The van der Waals surface area contributed by atoms with Crippen LogP contribution < -0.4 is 10.6 Å². The highest BCUT2D eigenvalue weighted by Gasteiger charge is 2.56. The van der Waals surface area contributed by atoms with Crippen LogP contribution in [0.15, 0.2) is 12.2 Å². The maximum absolute atomic E-state index is 13.3. The number of hydrogen-bond acceptors (Lipinski definition) is 4. The number of nitrogens with zero attached hydrogens (tertiary/aromatic N) is 1. The lowest BCUT2D eigenvalue weighted by atomic mass is 9.68. The van der Waals surface area contributed by atoms with Gasteiger partial charge in [-0.25, -0.2) is 0 Å². The number of allylic oxidation sites excluding steroid dienone is 1. The van der Waals surface area contributed by atoms with Gasteiger partial charge in [0.1, 0.15) is 6.04 Å². The maximum Gasteiger partial charge on any atom is 0.243 e. The van der Waals surface area contributed by atoms with E-state index in [9.17, 15) is 19.5 Å². The van der Waals surface area contributed by atoms with E-state index in [2.05, 4.69) is 24.5 Å². The van der Waals surface area contributed by atoms with E-state index in [1.165, 1.54) is 0 Å². The summed E-state index contributed by atoms with van der Waals surface area (Å²) in [5.74, 6) is -1.76. The van der Waals surface area contributed by atoms with Gasteiger partial charge in [0.2, 0.25) is 17.7 Å². The van der Waals surface area contributed by atoms with E-state index in [4.69, 9.17) is 0 Å². The maximum atomic E-state index is 13.3. The molecule has 1 fully saturated rings. The number of aliphatic hydroxyl groups is 1. The molecule has 0 unspecified atom stereocenters. The van der Waals surface area contributed by atoms with Crippen LogP contribution in [0.25, 0.3) is 0 Å². The van der Waals surface area contributed by atoms with Crippen molar-refractivity contribution in [2.24, 2.45) is 23.7 Å². The quantitative estimate of drug-likeness (QED) is 0.382. The van der Waals surface area contributed by atoms with E-state index in [1.54, 1.807) is 11.9 Å². The number of amides is 3. The number of likely N-dealkylation sites (tertiary alicyclic amines) is 1. The standard InChI is InChI=1S/C21H35N3O4/c1-4-6-11-23-20(27)18-15-10-9-14(8-5-2)16(19(26)22-3)17(15)21(28)24(18)12-7-13-25/h9-10,14-18,25H,4-8,11-13H2,1-3H3,(H,22,26)(H,23,27)/t14-,15+,16-,17+,18+/m1/s1. The highest BCUT2D eigenvalue weighted by molar-refractivity contribution is 5.96. The second-order valence-electron chi connectivity index (χ2n) is 7.78. The minimum Gasteiger partial charge on any atom is -0.396 e. The number of fused-ring (bicyclic) bond motifs is 1. The van der Waals surface area contributed by atoms with Crippen LogP contribution >= 0.6 is 0 Å². The summed E-state index contributed by atoms with van der Waals surface area (Å²) in [5.41, 5.74) is 0. The SMILES string of the molecule is CCCCNC(=O)[C@@H]1[C@H]2C=C[C@@H](CCC)[C@@H](C(=O)NC)[C@H]2C(=O)N1CCCO. The summed E-state index contributed by atoms with van der Waals surface area (Å²) in [5, 5.41) is 14.9. The van der Waals surface area contributed by atoms with Crippen LogP contribution in [0, 0.1) is 23.7 Å². The first kappa shape index (κ1) is 22.4. The molecule has 1 saturated heterocycles. The first-order valence-electron chi connectivity index (χ1n) is 10.6. The molecule has 28 heavy (non-hydrogen) atoms. The summed E-state index contributed by atoms with van der Waals surface area (Å²) in [7, 11) is 1.59. The molecule has 7 nitrogen and oxygen atoms in total. The van der Waals surface area contributed by atoms with Crippen molar-refractivity contribution in [3.8, 4) is 0 Å². The van der Waals surface area contributed by atoms with Gasteiger partial charge in [-0.15, -0.1) is 0 Å². The van der Waals surface area contributed by atoms with Crippen LogP contribution in [-0.2, 0) is 14.4 Å². The Balaban J connectivity index is 2.36. The van der Waals surface area contributed by atoms with Gasteiger partial charge in [-0.3, -0.25) is 14.4 Å². The zero-order chi connectivity index (χ0) is 20.7. The van der Waals surface area contributed by atoms with Crippen molar-refractivity contribution in [2.75, 3.05) is 26.7 Å². The summed E-state index contributed by atoms with van der Waals surface area (Å²) >= 11 is 0. The second-order valence-corrected chi connectivity index (χ2v) is 7.78. The summed E-state index contributed by atoms with van der Waals surface area (Å²) in [6, 6.07) is -0.619. The first-order valence-corrected chi connectivity index (χ1v) is 10.6. The molecular formula is C21H35N3O4. The molecule has 0 aromatic carbocycles. The van der Waals surface area contributed by atoms with Crippen LogP contribution in [0.1, 0.15) is 46.0 Å². The fourth-order valence-corrected chi connectivity index (χ4v) is 4.61. The van der Waals surface area contributed by atoms with Crippen molar-refractivity contribution in [1.82, 2.24) is 15.5 Å². The molecule has 0 bridgehead atoms. The molecule has 0 radical (unpaired) electrons. The van der Waals surface area contributed by atoms with E-state index < -0.39 is 17.9 Å². The average molecular weight is 394 g/mol. The summed E-state index contributed by atoms with van der Waals surface area (Å²) in [6.45, 7) is 4.97. The third-order valence-electron chi connectivity index (χ3n) is 5.94. The third kappa shape index (κ3) is 4.57. The van der Waals surface area contributed by atoms with Gasteiger partial charge >= 0.3 is 0 Å². The molecule has 1 aliphatic heterocycles. The van der Waals surface area contributed by atoms with E-state index in [1.807, 2.05) is 12.2 Å². The molecule has 158 valence electrons. The van der Waals surface area contributed by atoms with Crippen LogP contribution in [-0.4, -0.2) is 60.5 Å². The third-order valence-corrected chi connectivity index (χ3v) is 5.94. The van der Waals surface area contributed by atoms with Gasteiger partial charge in [0.25, 0.3) is 0 Å². The van der Waals surface area contributed by atoms with Gasteiger partial charge in [0.15, 0.2) is 0 Å². The molecule has 3 amide bonds. The number of rotatable bonds is 10. The monoisotopic (exact) mass is 393 g/mol. The Labute approximate surface area is 167 Å². The van der Waals surface area contributed by atoms with Crippen molar-refractivity contribution in [1.29, 1.82) is 0 Å². The number of nitrogens with one attached hydrogen (secondary N) is 2. The number of carbonyl (C=O) groups is 3. The Morgan fingerprint density at radius 2 is 1.89 bits per heavy atom. The van der Waals surface area contributed by atoms with Crippen molar-refractivity contribution in [3.05, 3.63) is 12.2 Å². The number of unbranched alkanes of at least 4 members (excludes halogenated alkanes) is 1. The molecule has 3 N–H and O–H groups in total. The van der Waals surface area contributed by atoms with Crippen molar-refractivity contribution in [3.63, 3.8) is 0 Å². The Kier molecular flexibility index (Phi) is 8.48. The lowest BCUT2D eigenvalue weighted by molar-refractivity contribution is -0.141. The Bertz CT molecular complexity index is 592. The van der Waals surface area contributed by atoms with Crippen molar-refractivity contribution >= 4 is 17.7 Å². The Hall–Kier alpha value is -1.89. The minimum absolute atomic E-state index is 0.00301. The largest absolute Gasteiger partial charge is 0.396 e. The zero-order valence-electron chi connectivity index (χ0n) is 17.3. The molecule has 2 rings (SSSR count). The van der Waals surface area contributed by atoms with E-state index in [0.29, 0.717) is 19.5 Å². The molecular weight excluding hydrogens is 358 g/mol. The van der Waals surface area contributed by atoms with E-state index in [0.717, 1.165) is 25.7 Å². The molecule has 1 aliphatic carbocycles. The van der Waals surface area contributed by atoms with Gasteiger partial charge in [0.05, 0.1) is 11.8 Å². The molecule has 1 heterocycles. The fourth-order valence-electron chi connectivity index (χ4n) is 4.61. The highest BCUT2D eigenvalue weighted by Crippen LogP contribution is 2.45. The van der Waals surface area contributed by atoms with Crippen molar-refractivity contribution < 1.29 is 19.5 Å². The van der Waals surface area contributed by atoms with Gasteiger partial charge in [-0.1, -0.05) is 38.8 Å². The normalized spacial score (nSPS) is 28.9. The molecule has 0 saturated carbocycles.